The average molecular weight is 279 g/mol. The van der Waals surface area contributed by atoms with Gasteiger partial charge in [-0.25, -0.2) is 0 Å². The number of carbonyl (C=O) groups excluding carboxylic acids is 1. The normalized spacial score (nSPS) is 27.6. The highest BCUT2D eigenvalue weighted by Gasteiger charge is 2.28. The molecule has 106 valence electrons. The van der Waals surface area contributed by atoms with E-state index in [4.69, 9.17) is 0 Å². The number of aliphatic imine (C=N–C) groups is 1. The largest absolute Gasteiger partial charge is 0.357 e. The average Bonchev–Trinajstić information content (AvgIpc) is 2.74. The minimum atomic E-state index is -0.354. The Morgan fingerprint density at radius 3 is 3.00 bits per heavy atom. The van der Waals surface area contributed by atoms with Crippen molar-refractivity contribution in [3.63, 3.8) is 0 Å². The summed E-state index contributed by atoms with van der Waals surface area (Å²) in [5.41, 5.74) is 2.22. The molecule has 4 nitrogen and oxygen atoms in total. The Bertz CT molecular complexity index is 631. The first-order valence-electron chi connectivity index (χ1n) is 6.94. The van der Waals surface area contributed by atoms with Gasteiger partial charge < -0.3 is 10.6 Å². The number of rotatable bonds is 2. The van der Waals surface area contributed by atoms with E-state index in [2.05, 4.69) is 46.5 Å². The van der Waals surface area contributed by atoms with Gasteiger partial charge in [-0.05, 0) is 18.1 Å². The molecule has 2 atom stereocenters. The van der Waals surface area contributed by atoms with Crippen LogP contribution in [-0.4, -0.2) is 18.2 Å². The maximum atomic E-state index is 11.9. The summed E-state index contributed by atoms with van der Waals surface area (Å²) in [5, 5.41) is 5.74. The van der Waals surface area contributed by atoms with Crippen molar-refractivity contribution in [1.82, 2.24) is 10.6 Å². The molecule has 1 aliphatic carbocycles. The summed E-state index contributed by atoms with van der Waals surface area (Å²) in [5.74, 6) is 0.739. The Kier molecular flexibility index (Phi) is 3.69. The second-order valence-corrected chi connectivity index (χ2v) is 5.11. The molecule has 3 aliphatic rings. The molecule has 2 N–H and O–H groups in total. The van der Waals surface area contributed by atoms with Crippen LogP contribution in [0.3, 0.4) is 0 Å². The van der Waals surface area contributed by atoms with Gasteiger partial charge in [0.05, 0.1) is 5.82 Å². The predicted octanol–water partition coefficient (Wildman–Crippen LogP) is 2.13. The monoisotopic (exact) mass is 279 g/mol. The van der Waals surface area contributed by atoms with Crippen LogP contribution in [0.2, 0.25) is 0 Å². The highest BCUT2D eigenvalue weighted by molar-refractivity contribution is 5.90. The van der Waals surface area contributed by atoms with Crippen molar-refractivity contribution < 1.29 is 4.79 Å². The first kappa shape index (κ1) is 13.4. The van der Waals surface area contributed by atoms with Gasteiger partial charge in [0.2, 0.25) is 0 Å². The molecule has 0 aromatic rings. The molecule has 2 aliphatic heterocycles. The highest BCUT2D eigenvalue weighted by Crippen LogP contribution is 2.24. The van der Waals surface area contributed by atoms with Crippen LogP contribution >= 0.6 is 0 Å². The Balaban J connectivity index is 1.83. The molecule has 1 amide bonds. The van der Waals surface area contributed by atoms with E-state index in [1.54, 1.807) is 6.21 Å². The Labute approximate surface area is 124 Å². The van der Waals surface area contributed by atoms with Crippen LogP contribution in [0.25, 0.3) is 0 Å². The quantitative estimate of drug-likeness (QED) is 0.813. The fraction of sp³-hybridized carbons (Fsp3) is 0.176. The van der Waals surface area contributed by atoms with E-state index in [-0.39, 0.29) is 17.9 Å². The van der Waals surface area contributed by atoms with Crippen molar-refractivity contribution in [2.75, 3.05) is 0 Å². The molecule has 2 heterocycles. The van der Waals surface area contributed by atoms with E-state index in [1.807, 2.05) is 24.4 Å². The molecule has 0 bridgehead atoms. The molecular formula is C17H17N3O. The van der Waals surface area contributed by atoms with Crippen LogP contribution in [0, 0.1) is 5.92 Å². The van der Waals surface area contributed by atoms with Crippen molar-refractivity contribution >= 4 is 12.1 Å². The lowest BCUT2D eigenvalue weighted by atomic mass is 9.95. The molecule has 0 aromatic carbocycles. The fourth-order valence-corrected chi connectivity index (χ4v) is 2.55. The molecule has 4 heteroatoms. The zero-order chi connectivity index (χ0) is 14.7. The third-order valence-electron chi connectivity index (χ3n) is 3.64. The lowest BCUT2D eigenvalue weighted by molar-refractivity contribution is -0.119. The van der Waals surface area contributed by atoms with Gasteiger partial charge in [-0.2, -0.15) is 0 Å². The minimum Gasteiger partial charge on any atom is -0.357 e. The van der Waals surface area contributed by atoms with E-state index < -0.39 is 0 Å². The summed E-state index contributed by atoms with van der Waals surface area (Å²) >= 11 is 0. The van der Waals surface area contributed by atoms with Gasteiger partial charge in [-0.1, -0.05) is 48.6 Å². The maximum absolute atomic E-state index is 11.9. The third kappa shape index (κ3) is 2.94. The van der Waals surface area contributed by atoms with Gasteiger partial charge in [-0.15, -0.1) is 0 Å². The minimum absolute atomic E-state index is 0.0598. The first-order chi connectivity index (χ1) is 10.2. The summed E-state index contributed by atoms with van der Waals surface area (Å²) < 4.78 is 0. The molecule has 3 rings (SSSR count). The van der Waals surface area contributed by atoms with E-state index in [0.29, 0.717) is 5.82 Å². The number of hydrogen-bond acceptors (Lipinski definition) is 3. The zero-order valence-corrected chi connectivity index (χ0v) is 11.6. The van der Waals surface area contributed by atoms with E-state index in [1.165, 1.54) is 5.57 Å². The Morgan fingerprint density at radius 1 is 1.29 bits per heavy atom. The second-order valence-electron chi connectivity index (χ2n) is 5.11. The van der Waals surface area contributed by atoms with Crippen molar-refractivity contribution in [3.8, 4) is 0 Å². The SMILES string of the molecule is C=C1NC(=O)C(C2=CC=C(C3C=CC=NC=C3)CC=C2)N1. The van der Waals surface area contributed by atoms with Crippen LogP contribution in [-0.2, 0) is 4.79 Å². The summed E-state index contributed by atoms with van der Waals surface area (Å²) in [6.45, 7) is 3.73. The maximum Gasteiger partial charge on any atom is 0.252 e. The molecule has 1 fully saturated rings. The number of amides is 1. The van der Waals surface area contributed by atoms with Crippen LogP contribution in [0.15, 0.2) is 77.3 Å². The van der Waals surface area contributed by atoms with E-state index in [0.717, 1.165) is 12.0 Å². The van der Waals surface area contributed by atoms with E-state index in [9.17, 15) is 4.79 Å². The molecule has 0 aromatic heterocycles. The molecule has 0 spiro atoms. The van der Waals surface area contributed by atoms with Crippen molar-refractivity contribution in [3.05, 3.63) is 72.3 Å². The van der Waals surface area contributed by atoms with Gasteiger partial charge in [0.1, 0.15) is 6.04 Å². The molecule has 0 radical (unpaired) electrons. The van der Waals surface area contributed by atoms with Crippen molar-refractivity contribution in [2.24, 2.45) is 10.9 Å². The number of hydrogen-bond donors (Lipinski definition) is 2. The standard InChI is InChI=1S/C17H17N3O/c1-12-19-16(17(21)20-12)15-5-2-4-13(7-8-15)14-6-3-10-18-11-9-14/h2-3,5-11,14,16,19H,1,4H2,(H,20,21). The summed E-state index contributed by atoms with van der Waals surface area (Å²) in [4.78, 5) is 16.0. The van der Waals surface area contributed by atoms with Crippen LogP contribution in [0.1, 0.15) is 6.42 Å². The predicted molar refractivity (Wildman–Crippen MR) is 84.4 cm³/mol. The van der Waals surface area contributed by atoms with Crippen molar-refractivity contribution in [2.45, 2.75) is 12.5 Å². The first-order valence-corrected chi connectivity index (χ1v) is 6.94. The number of carbonyl (C=O) groups is 1. The van der Waals surface area contributed by atoms with Crippen LogP contribution < -0.4 is 10.6 Å². The van der Waals surface area contributed by atoms with E-state index >= 15 is 0 Å². The molecule has 21 heavy (non-hydrogen) atoms. The van der Waals surface area contributed by atoms with Gasteiger partial charge in [0, 0.05) is 18.3 Å². The fourth-order valence-electron chi connectivity index (χ4n) is 2.55. The lowest BCUT2D eigenvalue weighted by Crippen LogP contribution is -2.29. The van der Waals surface area contributed by atoms with Gasteiger partial charge in [0.15, 0.2) is 0 Å². The third-order valence-corrected chi connectivity index (χ3v) is 3.64. The molecule has 0 saturated carbocycles. The smallest absolute Gasteiger partial charge is 0.252 e. The van der Waals surface area contributed by atoms with Gasteiger partial charge >= 0.3 is 0 Å². The van der Waals surface area contributed by atoms with Crippen molar-refractivity contribution in [1.29, 1.82) is 0 Å². The second kappa shape index (κ2) is 5.79. The van der Waals surface area contributed by atoms with Crippen LogP contribution in [0.4, 0.5) is 0 Å². The highest BCUT2D eigenvalue weighted by atomic mass is 16.2. The van der Waals surface area contributed by atoms with Gasteiger partial charge in [0.25, 0.3) is 5.91 Å². The Morgan fingerprint density at radius 2 is 2.19 bits per heavy atom. The topological polar surface area (TPSA) is 53.5 Å². The summed E-state index contributed by atoms with van der Waals surface area (Å²) in [7, 11) is 0. The number of nitrogens with one attached hydrogen (secondary N) is 2. The number of allylic oxidation sites excluding steroid dienone is 7. The number of nitrogens with zero attached hydrogens (tertiary/aromatic N) is 1. The molecule has 1 saturated heterocycles. The van der Waals surface area contributed by atoms with Crippen LogP contribution in [0.5, 0.6) is 0 Å². The molecular weight excluding hydrogens is 262 g/mol. The lowest BCUT2D eigenvalue weighted by Gasteiger charge is -2.09. The van der Waals surface area contributed by atoms with Gasteiger partial charge in [-0.3, -0.25) is 9.79 Å². The summed E-state index contributed by atoms with van der Waals surface area (Å²) in [6, 6.07) is -0.354. The molecule has 2 unspecified atom stereocenters. The summed E-state index contributed by atoms with van der Waals surface area (Å²) in [6.07, 6.45) is 18.8. The zero-order valence-electron chi connectivity index (χ0n) is 11.6. The Hall–Kier alpha value is -2.62.